The zero-order valence-electron chi connectivity index (χ0n) is 17.6. The predicted molar refractivity (Wildman–Crippen MR) is 124 cm³/mol. The van der Waals surface area contributed by atoms with E-state index in [9.17, 15) is 4.79 Å². The van der Waals surface area contributed by atoms with Gasteiger partial charge in [-0.2, -0.15) is 0 Å². The number of thiophene rings is 1. The van der Waals surface area contributed by atoms with Crippen LogP contribution in [0.4, 0.5) is 5.00 Å². The van der Waals surface area contributed by atoms with Crippen molar-refractivity contribution in [3.8, 4) is 0 Å². The zero-order chi connectivity index (χ0) is 20.9. The van der Waals surface area contributed by atoms with Crippen LogP contribution < -0.4 is 5.32 Å². The van der Waals surface area contributed by atoms with Gasteiger partial charge in [0.1, 0.15) is 5.00 Å². The van der Waals surface area contributed by atoms with Crippen molar-refractivity contribution in [3.05, 3.63) is 87.8 Å². The fraction of sp³-hybridized carbons (Fsp3) is 0.320. The second-order valence-corrected chi connectivity index (χ2v) is 8.77. The summed E-state index contributed by atoms with van der Waals surface area (Å²) in [7, 11) is 0. The average Bonchev–Trinajstić information content (AvgIpc) is 3.19. The van der Waals surface area contributed by atoms with Crippen LogP contribution in [0, 0.1) is 6.92 Å². The standard InChI is InChI=1S/C25H28N2O2S/c1-3-21-17-22(25(30-21)26-24(28)20-7-5-4-6-8-20)23(27-13-15-29-16-14-27)19-11-9-18(2)10-12-19/h4-12,17,23H,3,13-16H2,1-2H3,(H,26,28). The first-order valence-electron chi connectivity index (χ1n) is 10.5. The summed E-state index contributed by atoms with van der Waals surface area (Å²) < 4.78 is 5.61. The van der Waals surface area contributed by atoms with Crippen molar-refractivity contribution < 1.29 is 9.53 Å². The largest absolute Gasteiger partial charge is 0.379 e. The van der Waals surface area contributed by atoms with Crippen molar-refractivity contribution in [3.63, 3.8) is 0 Å². The van der Waals surface area contributed by atoms with Crippen LogP contribution >= 0.6 is 11.3 Å². The minimum Gasteiger partial charge on any atom is -0.379 e. The van der Waals surface area contributed by atoms with Crippen LogP contribution in [-0.4, -0.2) is 37.1 Å². The highest BCUT2D eigenvalue weighted by Crippen LogP contribution is 2.40. The summed E-state index contributed by atoms with van der Waals surface area (Å²) >= 11 is 1.68. The minimum atomic E-state index is -0.0639. The SMILES string of the molecule is CCc1cc(C(c2ccc(C)cc2)N2CCOCC2)c(NC(=O)c2ccccc2)s1. The molecule has 156 valence electrons. The molecule has 1 fully saturated rings. The lowest BCUT2D eigenvalue weighted by molar-refractivity contribution is 0.0241. The van der Waals surface area contributed by atoms with E-state index in [1.165, 1.54) is 21.6 Å². The van der Waals surface area contributed by atoms with E-state index in [1.54, 1.807) is 11.3 Å². The Bertz CT molecular complexity index is 976. The number of aryl methyl sites for hydroxylation is 2. The monoisotopic (exact) mass is 420 g/mol. The second-order valence-electron chi connectivity index (χ2n) is 7.63. The number of nitrogens with zero attached hydrogens (tertiary/aromatic N) is 1. The topological polar surface area (TPSA) is 41.6 Å². The van der Waals surface area contributed by atoms with E-state index in [0.29, 0.717) is 5.56 Å². The predicted octanol–water partition coefficient (Wildman–Crippen LogP) is 5.29. The first kappa shape index (κ1) is 20.8. The van der Waals surface area contributed by atoms with E-state index in [-0.39, 0.29) is 11.9 Å². The molecule has 1 atom stereocenters. The Kier molecular flexibility index (Phi) is 6.62. The van der Waals surface area contributed by atoms with Gasteiger partial charge in [0, 0.05) is 29.1 Å². The number of carbonyl (C=O) groups is 1. The van der Waals surface area contributed by atoms with Gasteiger partial charge in [-0.1, -0.05) is 55.0 Å². The van der Waals surface area contributed by atoms with Gasteiger partial charge in [0.05, 0.1) is 19.3 Å². The summed E-state index contributed by atoms with van der Waals surface area (Å²) in [4.78, 5) is 16.6. The highest BCUT2D eigenvalue weighted by Gasteiger charge is 2.28. The third-order valence-corrected chi connectivity index (χ3v) is 6.73. The number of ether oxygens (including phenoxy) is 1. The maximum Gasteiger partial charge on any atom is 0.256 e. The normalized spacial score (nSPS) is 15.7. The number of benzene rings is 2. The molecule has 5 heteroatoms. The molecule has 2 aromatic carbocycles. The molecule has 0 spiro atoms. The molecule has 4 nitrogen and oxygen atoms in total. The molecule has 1 aliphatic rings. The smallest absolute Gasteiger partial charge is 0.256 e. The minimum absolute atomic E-state index is 0.0639. The van der Waals surface area contributed by atoms with E-state index >= 15 is 0 Å². The van der Waals surface area contributed by atoms with Gasteiger partial charge in [-0.3, -0.25) is 9.69 Å². The maximum atomic E-state index is 12.9. The van der Waals surface area contributed by atoms with Crippen LogP contribution in [0.25, 0.3) is 0 Å². The molecule has 1 saturated heterocycles. The molecular formula is C25H28N2O2S. The van der Waals surface area contributed by atoms with Crippen molar-refractivity contribution in [2.45, 2.75) is 26.3 Å². The van der Waals surface area contributed by atoms with Crippen LogP contribution in [0.3, 0.4) is 0 Å². The van der Waals surface area contributed by atoms with Gasteiger partial charge >= 0.3 is 0 Å². The maximum absolute atomic E-state index is 12.9. The van der Waals surface area contributed by atoms with Crippen molar-refractivity contribution >= 4 is 22.2 Å². The van der Waals surface area contributed by atoms with Gasteiger partial charge in [0.2, 0.25) is 0 Å². The summed E-state index contributed by atoms with van der Waals surface area (Å²) in [5, 5.41) is 4.15. The summed E-state index contributed by atoms with van der Waals surface area (Å²) in [5.41, 5.74) is 4.34. The second kappa shape index (κ2) is 9.56. The Balaban J connectivity index is 1.73. The van der Waals surface area contributed by atoms with E-state index in [2.05, 4.69) is 54.4 Å². The lowest BCUT2D eigenvalue weighted by atomic mass is 9.96. The van der Waals surface area contributed by atoms with Crippen LogP contribution in [0.5, 0.6) is 0 Å². The van der Waals surface area contributed by atoms with Gasteiger partial charge in [0.15, 0.2) is 0 Å². The third-order valence-electron chi connectivity index (χ3n) is 5.52. The molecule has 1 aromatic heterocycles. The Morgan fingerprint density at radius 1 is 1.10 bits per heavy atom. The number of amides is 1. The Hall–Kier alpha value is -2.47. The van der Waals surface area contributed by atoms with Crippen molar-refractivity contribution in [1.82, 2.24) is 4.90 Å². The first-order chi connectivity index (χ1) is 14.7. The van der Waals surface area contributed by atoms with Gasteiger partial charge in [-0.05, 0) is 37.1 Å². The molecule has 2 heterocycles. The number of rotatable bonds is 6. The summed E-state index contributed by atoms with van der Waals surface area (Å²) in [6, 6.07) is 20.5. The lowest BCUT2D eigenvalue weighted by Crippen LogP contribution is -2.39. The quantitative estimate of drug-likeness (QED) is 0.589. The fourth-order valence-electron chi connectivity index (χ4n) is 3.87. The first-order valence-corrected chi connectivity index (χ1v) is 11.3. The number of nitrogens with one attached hydrogen (secondary N) is 1. The molecule has 4 rings (SSSR count). The molecule has 0 bridgehead atoms. The molecule has 0 saturated carbocycles. The number of anilines is 1. The fourth-order valence-corrected chi connectivity index (χ4v) is 4.89. The molecule has 0 radical (unpaired) electrons. The number of hydrogen-bond acceptors (Lipinski definition) is 4. The molecule has 1 unspecified atom stereocenters. The van der Waals surface area contributed by atoms with Crippen molar-refractivity contribution in [2.24, 2.45) is 0 Å². The Morgan fingerprint density at radius 3 is 2.47 bits per heavy atom. The molecule has 30 heavy (non-hydrogen) atoms. The third kappa shape index (κ3) is 4.64. The lowest BCUT2D eigenvalue weighted by Gasteiger charge is -2.35. The van der Waals surface area contributed by atoms with Crippen LogP contribution in [0.1, 0.15) is 44.9 Å². The molecular weight excluding hydrogens is 392 g/mol. The molecule has 1 amide bonds. The van der Waals surface area contributed by atoms with E-state index in [4.69, 9.17) is 4.74 Å². The van der Waals surface area contributed by atoms with E-state index in [0.717, 1.165) is 37.7 Å². The van der Waals surface area contributed by atoms with Crippen molar-refractivity contribution in [2.75, 3.05) is 31.6 Å². The molecule has 1 N–H and O–H groups in total. The molecule has 3 aromatic rings. The summed E-state index contributed by atoms with van der Waals surface area (Å²) in [6.45, 7) is 7.49. The Morgan fingerprint density at radius 2 is 1.80 bits per heavy atom. The summed E-state index contributed by atoms with van der Waals surface area (Å²) in [6.07, 6.45) is 0.947. The number of morpholine rings is 1. The van der Waals surface area contributed by atoms with Gasteiger partial charge in [-0.25, -0.2) is 0 Å². The van der Waals surface area contributed by atoms with Crippen LogP contribution in [-0.2, 0) is 11.2 Å². The average molecular weight is 421 g/mol. The Labute approximate surface area is 182 Å². The molecule has 0 aliphatic carbocycles. The van der Waals surface area contributed by atoms with Crippen LogP contribution in [0.15, 0.2) is 60.7 Å². The highest BCUT2D eigenvalue weighted by atomic mass is 32.1. The zero-order valence-corrected chi connectivity index (χ0v) is 18.4. The highest BCUT2D eigenvalue weighted by molar-refractivity contribution is 7.16. The number of hydrogen-bond donors (Lipinski definition) is 1. The molecule has 1 aliphatic heterocycles. The van der Waals surface area contributed by atoms with Gasteiger partial charge in [-0.15, -0.1) is 11.3 Å². The summed E-state index contributed by atoms with van der Waals surface area (Å²) in [5.74, 6) is -0.0639. The van der Waals surface area contributed by atoms with Gasteiger partial charge < -0.3 is 10.1 Å². The van der Waals surface area contributed by atoms with E-state index in [1.807, 2.05) is 30.3 Å². The van der Waals surface area contributed by atoms with E-state index < -0.39 is 0 Å². The van der Waals surface area contributed by atoms with Gasteiger partial charge in [0.25, 0.3) is 5.91 Å². The number of carbonyl (C=O) groups excluding carboxylic acids is 1. The van der Waals surface area contributed by atoms with Crippen molar-refractivity contribution in [1.29, 1.82) is 0 Å². The van der Waals surface area contributed by atoms with Crippen LogP contribution in [0.2, 0.25) is 0 Å².